The largest absolute Gasteiger partial charge is 0.462 e. The van der Waals surface area contributed by atoms with Gasteiger partial charge >= 0.3 is 5.97 Å². The van der Waals surface area contributed by atoms with Crippen molar-refractivity contribution in [3.8, 4) is 0 Å². The summed E-state index contributed by atoms with van der Waals surface area (Å²) < 4.78 is 5.05. The summed E-state index contributed by atoms with van der Waals surface area (Å²) in [5, 5.41) is 0. The number of rotatable bonds is 2. The molecule has 10 heavy (non-hydrogen) atoms. The Balaban J connectivity index is 2.17. The Morgan fingerprint density at radius 3 is 2.60 bits per heavy atom. The number of carbonyl (C=O) groups excluding carboxylic acids is 1. The molecule has 2 heteroatoms. The predicted octanol–water partition coefficient (Wildman–Crippen LogP) is 1.55. The van der Waals surface area contributed by atoms with E-state index < -0.39 is 0 Å². The zero-order valence-corrected chi connectivity index (χ0v) is 6.30. The Bertz CT molecular complexity index is 125. The van der Waals surface area contributed by atoms with E-state index in [9.17, 15) is 4.79 Å². The Labute approximate surface area is 61.6 Å². The molecule has 0 aromatic rings. The number of hydrogen-bond acceptors (Lipinski definition) is 2. The minimum atomic E-state index is -0.222. The van der Waals surface area contributed by atoms with Gasteiger partial charge in [0.1, 0.15) is 6.10 Å². The standard InChI is InChI=1S/C8H13O2/c1-6(2)8(9)10-7-4-3-5-7/h6-7H,1,3-5H2,2H3. The molecule has 1 aliphatic rings. The highest BCUT2D eigenvalue weighted by Crippen LogP contribution is 2.22. The first-order chi connectivity index (χ1) is 4.70. The third kappa shape index (κ3) is 1.72. The van der Waals surface area contributed by atoms with Gasteiger partial charge < -0.3 is 4.74 Å². The van der Waals surface area contributed by atoms with Crippen molar-refractivity contribution in [1.29, 1.82) is 0 Å². The van der Waals surface area contributed by atoms with Crippen LogP contribution >= 0.6 is 0 Å². The summed E-state index contributed by atoms with van der Waals surface area (Å²) in [4.78, 5) is 10.9. The second-order valence-corrected chi connectivity index (χ2v) is 2.89. The van der Waals surface area contributed by atoms with Crippen LogP contribution in [0.15, 0.2) is 0 Å². The highest BCUT2D eigenvalue weighted by molar-refractivity contribution is 5.72. The van der Waals surface area contributed by atoms with Crippen LogP contribution in [-0.2, 0) is 9.53 Å². The first-order valence-electron chi connectivity index (χ1n) is 3.73. The van der Waals surface area contributed by atoms with Gasteiger partial charge in [0.25, 0.3) is 0 Å². The summed E-state index contributed by atoms with van der Waals surface area (Å²) in [5.74, 6) is -0.384. The molecule has 0 N–H and O–H groups in total. The van der Waals surface area contributed by atoms with E-state index in [1.807, 2.05) is 0 Å². The molecule has 1 saturated carbocycles. The smallest absolute Gasteiger partial charge is 0.308 e. The maximum Gasteiger partial charge on any atom is 0.308 e. The minimum absolute atomic E-state index is 0.162. The van der Waals surface area contributed by atoms with Crippen molar-refractivity contribution < 1.29 is 9.53 Å². The van der Waals surface area contributed by atoms with Gasteiger partial charge in [-0.1, -0.05) is 6.92 Å². The fourth-order valence-corrected chi connectivity index (χ4v) is 0.769. The van der Waals surface area contributed by atoms with E-state index in [-0.39, 0.29) is 18.0 Å². The molecule has 0 amide bonds. The lowest BCUT2D eigenvalue weighted by Crippen LogP contribution is -2.27. The lowest BCUT2D eigenvalue weighted by atomic mass is 9.96. The highest BCUT2D eigenvalue weighted by atomic mass is 16.5. The van der Waals surface area contributed by atoms with Crippen LogP contribution in [0.25, 0.3) is 0 Å². The van der Waals surface area contributed by atoms with Gasteiger partial charge in [-0.05, 0) is 26.2 Å². The monoisotopic (exact) mass is 141 g/mol. The van der Waals surface area contributed by atoms with Gasteiger partial charge in [0.15, 0.2) is 0 Å². The summed E-state index contributed by atoms with van der Waals surface area (Å²) in [5.41, 5.74) is 0. The van der Waals surface area contributed by atoms with Crippen LogP contribution in [0.1, 0.15) is 26.2 Å². The molecule has 0 aliphatic heterocycles. The van der Waals surface area contributed by atoms with E-state index in [4.69, 9.17) is 4.74 Å². The van der Waals surface area contributed by atoms with Gasteiger partial charge in [-0.2, -0.15) is 0 Å². The van der Waals surface area contributed by atoms with Crippen LogP contribution < -0.4 is 0 Å². The highest BCUT2D eigenvalue weighted by Gasteiger charge is 2.22. The second kappa shape index (κ2) is 3.04. The Morgan fingerprint density at radius 2 is 2.30 bits per heavy atom. The summed E-state index contributed by atoms with van der Waals surface area (Å²) in [6.07, 6.45) is 3.48. The second-order valence-electron chi connectivity index (χ2n) is 2.89. The van der Waals surface area contributed by atoms with E-state index in [2.05, 4.69) is 6.92 Å². The number of esters is 1. The van der Waals surface area contributed by atoms with E-state index in [1.165, 1.54) is 6.42 Å². The van der Waals surface area contributed by atoms with Crippen molar-refractivity contribution >= 4 is 5.97 Å². The number of hydrogen-bond donors (Lipinski definition) is 0. The fraction of sp³-hybridized carbons (Fsp3) is 0.750. The minimum Gasteiger partial charge on any atom is -0.462 e. The van der Waals surface area contributed by atoms with Crippen molar-refractivity contribution in [2.24, 2.45) is 5.92 Å². The molecular weight excluding hydrogens is 128 g/mol. The molecule has 0 aromatic heterocycles. The van der Waals surface area contributed by atoms with Crippen LogP contribution in [0.5, 0.6) is 0 Å². The van der Waals surface area contributed by atoms with Crippen molar-refractivity contribution in [3.63, 3.8) is 0 Å². The molecule has 0 aromatic carbocycles. The lowest BCUT2D eigenvalue weighted by Gasteiger charge is -2.25. The third-order valence-electron chi connectivity index (χ3n) is 1.74. The summed E-state index contributed by atoms with van der Waals surface area (Å²) in [6, 6.07) is 0. The van der Waals surface area contributed by atoms with E-state index in [0.717, 1.165) is 12.8 Å². The molecule has 1 radical (unpaired) electrons. The Morgan fingerprint density at radius 1 is 1.70 bits per heavy atom. The molecule has 1 aliphatic carbocycles. The van der Waals surface area contributed by atoms with Crippen LogP contribution in [0.4, 0.5) is 0 Å². The molecule has 0 saturated heterocycles. The molecule has 0 spiro atoms. The molecule has 1 unspecified atom stereocenters. The number of carbonyl (C=O) groups is 1. The summed E-state index contributed by atoms with van der Waals surface area (Å²) >= 11 is 0. The zero-order chi connectivity index (χ0) is 7.56. The van der Waals surface area contributed by atoms with Gasteiger partial charge in [0.2, 0.25) is 0 Å². The average molecular weight is 141 g/mol. The van der Waals surface area contributed by atoms with Crippen molar-refractivity contribution in [2.75, 3.05) is 0 Å². The maximum atomic E-state index is 10.9. The van der Waals surface area contributed by atoms with Gasteiger partial charge in [-0.25, -0.2) is 0 Å². The van der Waals surface area contributed by atoms with Crippen LogP contribution in [-0.4, -0.2) is 12.1 Å². The number of ether oxygens (including phenoxy) is 1. The lowest BCUT2D eigenvalue weighted by molar-refractivity contribution is -0.155. The predicted molar refractivity (Wildman–Crippen MR) is 38.3 cm³/mol. The van der Waals surface area contributed by atoms with E-state index in [1.54, 1.807) is 6.92 Å². The quantitative estimate of drug-likeness (QED) is 0.545. The van der Waals surface area contributed by atoms with E-state index in [0.29, 0.717) is 0 Å². The maximum absolute atomic E-state index is 10.9. The topological polar surface area (TPSA) is 26.3 Å². The van der Waals surface area contributed by atoms with E-state index >= 15 is 0 Å². The van der Waals surface area contributed by atoms with Gasteiger partial charge in [-0.3, -0.25) is 4.79 Å². The van der Waals surface area contributed by atoms with Crippen LogP contribution in [0.2, 0.25) is 0 Å². The van der Waals surface area contributed by atoms with Crippen molar-refractivity contribution in [3.05, 3.63) is 6.92 Å². The van der Waals surface area contributed by atoms with Gasteiger partial charge in [-0.15, -0.1) is 0 Å². The molecule has 0 heterocycles. The average Bonchev–Trinajstić information content (AvgIpc) is 1.77. The third-order valence-corrected chi connectivity index (χ3v) is 1.74. The van der Waals surface area contributed by atoms with Crippen LogP contribution in [0, 0.1) is 12.8 Å². The van der Waals surface area contributed by atoms with Gasteiger partial charge in [0.05, 0.1) is 5.92 Å². The van der Waals surface area contributed by atoms with Crippen molar-refractivity contribution in [1.82, 2.24) is 0 Å². The normalized spacial score (nSPS) is 18.7. The molecular formula is C8H13O2. The first-order valence-corrected chi connectivity index (χ1v) is 3.73. The molecule has 1 atom stereocenters. The summed E-state index contributed by atoms with van der Waals surface area (Å²) in [7, 11) is 0. The molecule has 57 valence electrons. The molecule has 1 rings (SSSR count). The Kier molecular flexibility index (Phi) is 2.30. The molecule has 1 fully saturated rings. The summed E-state index contributed by atoms with van der Waals surface area (Å²) in [6.45, 7) is 5.33. The van der Waals surface area contributed by atoms with Crippen molar-refractivity contribution in [2.45, 2.75) is 32.3 Å². The zero-order valence-electron chi connectivity index (χ0n) is 6.30. The molecule has 2 nitrogen and oxygen atoms in total. The first kappa shape index (κ1) is 7.58. The fourth-order valence-electron chi connectivity index (χ4n) is 0.769. The molecule has 0 bridgehead atoms. The van der Waals surface area contributed by atoms with Crippen LogP contribution in [0.3, 0.4) is 0 Å². The van der Waals surface area contributed by atoms with Gasteiger partial charge in [0, 0.05) is 0 Å². The SMILES string of the molecule is [CH2]C(C)C(=O)OC1CCC1. The Hall–Kier alpha value is -0.530.